The molecule has 1 aliphatic heterocycles. The Morgan fingerprint density at radius 3 is 2.92 bits per heavy atom. The summed E-state index contributed by atoms with van der Waals surface area (Å²) in [4.78, 5) is 13.0. The molecule has 1 atom stereocenters. The summed E-state index contributed by atoms with van der Waals surface area (Å²) >= 11 is 0. The lowest BCUT2D eigenvalue weighted by Gasteiger charge is -2.15. The van der Waals surface area contributed by atoms with Crippen molar-refractivity contribution in [1.82, 2.24) is 4.90 Å². The van der Waals surface area contributed by atoms with E-state index < -0.39 is 0 Å². The summed E-state index contributed by atoms with van der Waals surface area (Å²) in [6.45, 7) is 2.18. The summed E-state index contributed by atoms with van der Waals surface area (Å²) in [7, 11) is 0. The Bertz CT molecular complexity index is 161. The van der Waals surface area contributed by atoms with Gasteiger partial charge in [-0.25, -0.2) is 0 Å². The van der Waals surface area contributed by atoms with Crippen molar-refractivity contribution in [3.63, 3.8) is 0 Å². The number of hydrogen-bond acceptors (Lipinski definition) is 3. The highest BCUT2D eigenvalue weighted by atomic mass is 16.3. The first-order valence-corrected chi connectivity index (χ1v) is 4.36. The molecule has 0 aromatic heterocycles. The SMILES string of the molecule is NCC1CCN(C(=O)CCO)C1. The number of carbonyl (C=O) groups is 1. The molecule has 1 rings (SSSR count). The summed E-state index contributed by atoms with van der Waals surface area (Å²) in [5.41, 5.74) is 5.48. The van der Waals surface area contributed by atoms with Gasteiger partial charge in [0.15, 0.2) is 0 Å². The van der Waals surface area contributed by atoms with Crippen molar-refractivity contribution in [2.45, 2.75) is 12.8 Å². The summed E-state index contributed by atoms with van der Waals surface area (Å²) in [6, 6.07) is 0. The van der Waals surface area contributed by atoms with Crippen LogP contribution in [0, 0.1) is 5.92 Å². The van der Waals surface area contributed by atoms with Crippen LogP contribution >= 0.6 is 0 Å². The number of rotatable bonds is 3. The van der Waals surface area contributed by atoms with E-state index in [1.807, 2.05) is 0 Å². The third-order valence-electron chi connectivity index (χ3n) is 2.30. The summed E-state index contributed by atoms with van der Waals surface area (Å²) in [5, 5.41) is 8.55. The van der Waals surface area contributed by atoms with E-state index in [-0.39, 0.29) is 18.9 Å². The van der Waals surface area contributed by atoms with E-state index in [4.69, 9.17) is 10.8 Å². The third kappa shape index (κ3) is 2.19. The minimum absolute atomic E-state index is 0.0495. The summed E-state index contributed by atoms with van der Waals surface area (Å²) in [5.74, 6) is 0.515. The van der Waals surface area contributed by atoms with Crippen molar-refractivity contribution in [3.05, 3.63) is 0 Å². The number of nitrogens with zero attached hydrogens (tertiary/aromatic N) is 1. The van der Waals surface area contributed by atoms with Crippen molar-refractivity contribution in [1.29, 1.82) is 0 Å². The van der Waals surface area contributed by atoms with Crippen LogP contribution in [0.15, 0.2) is 0 Å². The molecular weight excluding hydrogens is 156 g/mol. The summed E-state index contributed by atoms with van der Waals surface area (Å²) in [6.07, 6.45) is 1.25. The van der Waals surface area contributed by atoms with Gasteiger partial charge < -0.3 is 15.7 Å². The van der Waals surface area contributed by atoms with Crippen LogP contribution in [0.25, 0.3) is 0 Å². The molecule has 1 amide bonds. The molecule has 0 aromatic carbocycles. The lowest BCUT2D eigenvalue weighted by Crippen LogP contribution is -2.30. The van der Waals surface area contributed by atoms with Crippen molar-refractivity contribution >= 4 is 5.91 Å². The maximum Gasteiger partial charge on any atom is 0.224 e. The second-order valence-electron chi connectivity index (χ2n) is 3.20. The van der Waals surface area contributed by atoms with Gasteiger partial charge in [-0.2, -0.15) is 0 Å². The maximum absolute atomic E-state index is 11.2. The molecule has 0 aromatic rings. The molecule has 3 N–H and O–H groups in total. The van der Waals surface area contributed by atoms with Crippen LogP contribution in [0.5, 0.6) is 0 Å². The average Bonchev–Trinajstić information content (AvgIpc) is 2.52. The van der Waals surface area contributed by atoms with Crippen molar-refractivity contribution in [2.24, 2.45) is 11.7 Å². The van der Waals surface area contributed by atoms with E-state index in [0.717, 1.165) is 19.5 Å². The van der Waals surface area contributed by atoms with Gasteiger partial charge in [-0.05, 0) is 18.9 Å². The molecule has 0 radical (unpaired) electrons. The smallest absolute Gasteiger partial charge is 0.224 e. The highest BCUT2D eigenvalue weighted by Gasteiger charge is 2.24. The summed E-state index contributed by atoms with van der Waals surface area (Å²) < 4.78 is 0. The lowest BCUT2D eigenvalue weighted by molar-refractivity contribution is -0.130. The first-order valence-electron chi connectivity index (χ1n) is 4.36. The fourth-order valence-electron chi connectivity index (χ4n) is 1.51. The molecule has 1 heterocycles. The Kier molecular flexibility index (Phi) is 3.49. The highest BCUT2D eigenvalue weighted by molar-refractivity contribution is 5.76. The van der Waals surface area contributed by atoms with Crippen LogP contribution in [-0.4, -0.2) is 42.2 Å². The van der Waals surface area contributed by atoms with Crippen LogP contribution < -0.4 is 5.73 Å². The molecular formula is C8H16N2O2. The average molecular weight is 172 g/mol. The zero-order valence-electron chi connectivity index (χ0n) is 7.20. The van der Waals surface area contributed by atoms with E-state index in [0.29, 0.717) is 12.5 Å². The first-order chi connectivity index (χ1) is 5.77. The molecule has 1 saturated heterocycles. The molecule has 0 aliphatic carbocycles. The zero-order chi connectivity index (χ0) is 8.97. The van der Waals surface area contributed by atoms with E-state index in [2.05, 4.69) is 0 Å². The molecule has 0 bridgehead atoms. The molecule has 1 aliphatic rings. The van der Waals surface area contributed by atoms with Gasteiger partial charge >= 0.3 is 0 Å². The number of likely N-dealkylation sites (tertiary alicyclic amines) is 1. The fourth-order valence-corrected chi connectivity index (χ4v) is 1.51. The first kappa shape index (κ1) is 9.48. The van der Waals surface area contributed by atoms with Crippen LogP contribution in [0.1, 0.15) is 12.8 Å². The predicted molar refractivity (Wildman–Crippen MR) is 45.4 cm³/mol. The molecule has 4 heteroatoms. The van der Waals surface area contributed by atoms with Gasteiger partial charge in [0.2, 0.25) is 5.91 Å². The van der Waals surface area contributed by atoms with Crippen LogP contribution in [0.2, 0.25) is 0 Å². The normalized spacial score (nSPS) is 23.2. The Balaban J connectivity index is 2.31. The molecule has 4 nitrogen and oxygen atoms in total. The number of carbonyl (C=O) groups excluding carboxylic acids is 1. The Hall–Kier alpha value is -0.610. The maximum atomic E-state index is 11.2. The van der Waals surface area contributed by atoms with Gasteiger partial charge in [-0.15, -0.1) is 0 Å². The number of nitrogens with two attached hydrogens (primary N) is 1. The van der Waals surface area contributed by atoms with Crippen molar-refractivity contribution in [2.75, 3.05) is 26.2 Å². The largest absolute Gasteiger partial charge is 0.396 e. The van der Waals surface area contributed by atoms with Gasteiger partial charge in [0.25, 0.3) is 0 Å². The monoisotopic (exact) mass is 172 g/mol. The minimum atomic E-state index is -0.0530. The van der Waals surface area contributed by atoms with Gasteiger partial charge in [-0.3, -0.25) is 4.79 Å². The van der Waals surface area contributed by atoms with Crippen LogP contribution in [0.3, 0.4) is 0 Å². The number of hydrogen-bond donors (Lipinski definition) is 2. The van der Waals surface area contributed by atoms with Crippen LogP contribution in [-0.2, 0) is 4.79 Å². The van der Waals surface area contributed by atoms with Gasteiger partial charge in [0.1, 0.15) is 0 Å². The van der Waals surface area contributed by atoms with E-state index in [1.54, 1.807) is 4.90 Å². The van der Waals surface area contributed by atoms with Gasteiger partial charge in [0, 0.05) is 19.5 Å². The van der Waals surface area contributed by atoms with Gasteiger partial charge in [0.05, 0.1) is 6.61 Å². The topological polar surface area (TPSA) is 66.6 Å². The Morgan fingerprint density at radius 2 is 2.42 bits per heavy atom. The van der Waals surface area contributed by atoms with E-state index in [1.165, 1.54) is 0 Å². The fraction of sp³-hybridized carbons (Fsp3) is 0.875. The molecule has 1 fully saturated rings. The van der Waals surface area contributed by atoms with E-state index >= 15 is 0 Å². The number of amides is 1. The van der Waals surface area contributed by atoms with Crippen molar-refractivity contribution < 1.29 is 9.90 Å². The number of aliphatic hydroxyl groups excluding tert-OH is 1. The Labute approximate surface area is 72.3 Å². The molecule has 70 valence electrons. The standard InChI is InChI=1S/C8H16N2O2/c9-5-7-1-3-10(6-7)8(12)2-4-11/h7,11H,1-6,9H2. The number of aliphatic hydroxyl groups is 1. The second-order valence-corrected chi connectivity index (χ2v) is 3.20. The quantitative estimate of drug-likeness (QED) is 0.584. The van der Waals surface area contributed by atoms with Crippen LogP contribution in [0.4, 0.5) is 0 Å². The molecule has 12 heavy (non-hydrogen) atoms. The molecule has 1 unspecified atom stereocenters. The Morgan fingerprint density at radius 1 is 1.67 bits per heavy atom. The lowest BCUT2D eigenvalue weighted by atomic mass is 10.1. The predicted octanol–water partition coefficient (Wildman–Crippen LogP) is -0.824. The molecule has 0 spiro atoms. The second kappa shape index (κ2) is 4.42. The van der Waals surface area contributed by atoms with E-state index in [9.17, 15) is 4.79 Å². The zero-order valence-corrected chi connectivity index (χ0v) is 7.20. The highest BCUT2D eigenvalue weighted by Crippen LogP contribution is 2.15. The van der Waals surface area contributed by atoms with Crippen molar-refractivity contribution in [3.8, 4) is 0 Å². The minimum Gasteiger partial charge on any atom is -0.396 e. The van der Waals surface area contributed by atoms with Gasteiger partial charge in [-0.1, -0.05) is 0 Å². The third-order valence-corrected chi connectivity index (χ3v) is 2.30. The molecule has 0 saturated carbocycles.